The number of urea groups is 1. The molecule has 0 radical (unpaired) electrons. The van der Waals surface area contributed by atoms with Crippen LogP contribution in [0.3, 0.4) is 0 Å². The van der Waals surface area contributed by atoms with Crippen LogP contribution in [-0.2, 0) is 9.47 Å². The van der Waals surface area contributed by atoms with E-state index in [4.69, 9.17) is 21.1 Å². The molecule has 0 atom stereocenters. The highest BCUT2D eigenvalue weighted by Gasteiger charge is 2.19. The van der Waals surface area contributed by atoms with Crippen LogP contribution < -0.4 is 10.3 Å². The summed E-state index contributed by atoms with van der Waals surface area (Å²) < 4.78 is 10.3. The summed E-state index contributed by atoms with van der Waals surface area (Å²) in [7, 11) is 3.02. The van der Waals surface area contributed by atoms with Gasteiger partial charge in [0.2, 0.25) is 0 Å². The van der Waals surface area contributed by atoms with E-state index >= 15 is 0 Å². The van der Waals surface area contributed by atoms with E-state index in [0.717, 1.165) is 22.3 Å². The van der Waals surface area contributed by atoms with Crippen molar-refractivity contribution in [1.29, 1.82) is 0 Å². The highest BCUT2D eigenvalue weighted by Crippen LogP contribution is 2.35. The third kappa shape index (κ3) is 5.95. The van der Waals surface area contributed by atoms with E-state index in [1.165, 1.54) is 19.2 Å². The Kier molecular flexibility index (Phi) is 8.39. The molecule has 0 aliphatic heterocycles. The lowest BCUT2D eigenvalue weighted by atomic mass is 10.00. The molecular formula is C25H26ClN3O3. The van der Waals surface area contributed by atoms with Gasteiger partial charge in [-0.15, -0.1) is 0 Å². The van der Waals surface area contributed by atoms with Crippen LogP contribution in [0.2, 0.25) is 5.02 Å². The molecule has 0 bridgehead atoms. The van der Waals surface area contributed by atoms with Crippen LogP contribution in [0.25, 0.3) is 11.1 Å². The predicted molar refractivity (Wildman–Crippen MR) is 129 cm³/mol. The second-order valence-corrected chi connectivity index (χ2v) is 7.45. The van der Waals surface area contributed by atoms with Crippen molar-refractivity contribution in [3.63, 3.8) is 0 Å². The van der Waals surface area contributed by atoms with Gasteiger partial charge in [-0.3, -0.25) is 0 Å². The molecule has 0 aromatic heterocycles. The van der Waals surface area contributed by atoms with Crippen molar-refractivity contribution >= 4 is 29.5 Å². The van der Waals surface area contributed by atoms with Crippen molar-refractivity contribution < 1.29 is 14.3 Å². The number of methoxy groups -OCH3 is 2. The van der Waals surface area contributed by atoms with Crippen LogP contribution in [0.5, 0.6) is 0 Å². The van der Waals surface area contributed by atoms with Crippen LogP contribution in [0.15, 0.2) is 77.9 Å². The SMILES string of the molecule is COC(CNC(=O)N(N=Cc1ccccc1)c1cc(C)c(-c2ccccc2)c(Cl)c1)OC. The molecular weight excluding hydrogens is 426 g/mol. The zero-order valence-corrected chi connectivity index (χ0v) is 19.0. The molecule has 166 valence electrons. The zero-order valence-electron chi connectivity index (χ0n) is 18.3. The Morgan fingerprint density at radius 2 is 1.69 bits per heavy atom. The average Bonchev–Trinajstić information content (AvgIpc) is 2.81. The number of carbonyl (C=O) groups excluding carboxylic acids is 1. The van der Waals surface area contributed by atoms with Crippen LogP contribution in [0.4, 0.5) is 10.5 Å². The lowest BCUT2D eigenvalue weighted by molar-refractivity contribution is -0.0970. The summed E-state index contributed by atoms with van der Waals surface area (Å²) in [6.45, 7) is 2.12. The van der Waals surface area contributed by atoms with E-state index < -0.39 is 12.3 Å². The molecule has 0 heterocycles. The van der Waals surface area contributed by atoms with Gasteiger partial charge in [0.05, 0.1) is 23.5 Å². The van der Waals surface area contributed by atoms with Crippen LogP contribution >= 0.6 is 11.6 Å². The van der Waals surface area contributed by atoms with Gasteiger partial charge in [0.25, 0.3) is 0 Å². The predicted octanol–water partition coefficient (Wildman–Crippen LogP) is 5.48. The largest absolute Gasteiger partial charge is 0.354 e. The minimum absolute atomic E-state index is 0.165. The summed E-state index contributed by atoms with van der Waals surface area (Å²) in [5, 5.41) is 9.03. The Bertz CT molecular complexity index is 1030. The summed E-state index contributed by atoms with van der Waals surface area (Å²) >= 11 is 6.66. The van der Waals surface area contributed by atoms with Crippen molar-refractivity contribution in [2.24, 2.45) is 5.10 Å². The Morgan fingerprint density at radius 3 is 2.28 bits per heavy atom. The van der Waals surface area contributed by atoms with Crippen molar-refractivity contribution in [3.05, 3.63) is 88.9 Å². The number of halogens is 1. The fraction of sp³-hybridized carbons (Fsp3) is 0.200. The Morgan fingerprint density at radius 1 is 1.06 bits per heavy atom. The molecule has 0 spiro atoms. The number of hydrazone groups is 1. The highest BCUT2D eigenvalue weighted by molar-refractivity contribution is 6.34. The average molecular weight is 452 g/mol. The van der Waals surface area contributed by atoms with Gasteiger partial charge < -0.3 is 14.8 Å². The van der Waals surface area contributed by atoms with Gasteiger partial charge in [0, 0.05) is 19.8 Å². The maximum atomic E-state index is 13.0. The topological polar surface area (TPSA) is 63.2 Å². The van der Waals surface area contributed by atoms with Crippen LogP contribution in [0.1, 0.15) is 11.1 Å². The standard InChI is InChI=1S/C25H26ClN3O3/c1-18-14-21(15-22(26)24(18)20-12-8-5-9-13-20)29(25(30)27-17-23(31-2)32-3)28-16-19-10-6-4-7-11-19/h4-16,23H,17H2,1-3H3,(H,27,30). The second-order valence-electron chi connectivity index (χ2n) is 7.04. The van der Waals surface area contributed by atoms with E-state index in [1.54, 1.807) is 12.3 Å². The first-order valence-electron chi connectivity index (χ1n) is 10.1. The molecule has 1 N–H and O–H groups in total. The number of hydrogen-bond donors (Lipinski definition) is 1. The van der Waals surface area contributed by atoms with E-state index in [9.17, 15) is 4.79 Å². The van der Waals surface area contributed by atoms with E-state index in [0.29, 0.717) is 10.7 Å². The molecule has 0 saturated carbocycles. The molecule has 32 heavy (non-hydrogen) atoms. The summed E-state index contributed by atoms with van der Waals surface area (Å²) in [5.41, 5.74) is 4.26. The first-order chi connectivity index (χ1) is 15.5. The minimum Gasteiger partial charge on any atom is -0.354 e. The van der Waals surface area contributed by atoms with Gasteiger partial charge in [-0.25, -0.2) is 4.79 Å². The number of anilines is 1. The maximum Gasteiger partial charge on any atom is 0.342 e. The normalized spacial score (nSPS) is 11.2. The number of aryl methyl sites for hydroxylation is 1. The first-order valence-corrected chi connectivity index (χ1v) is 10.5. The number of carbonyl (C=O) groups is 1. The van der Waals surface area contributed by atoms with Crippen molar-refractivity contribution in [2.45, 2.75) is 13.2 Å². The summed E-state index contributed by atoms with van der Waals surface area (Å²) in [6.07, 6.45) is 1.06. The van der Waals surface area contributed by atoms with Crippen molar-refractivity contribution in [2.75, 3.05) is 25.8 Å². The fourth-order valence-electron chi connectivity index (χ4n) is 3.23. The minimum atomic E-state index is -0.565. The van der Waals surface area contributed by atoms with E-state index in [1.807, 2.05) is 73.7 Å². The van der Waals surface area contributed by atoms with Gasteiger partial charge >= 0.3 is 6.03 Å². The second kappa shape index (κ2) is 11.4. The molecule has 6 nitrogen and oxygen atoms in total. The molecule has 0 aliphatic carbocycles. The highest BCUT2D eigenvalue weighted by atomic mass is 35.5. The molecule has 7 heteroatoms. The van der Waals surface area contributed by atoms with Crippen molar-refractivity contribution in [1.82, 2.24) is 5.32 Å². The number of hydrogen-bond acceptors (Lipinski definition) is 4. The number of benzene rings is 3. The van der Waals surface area contributed by atoms with Gasteiger partial charge in [-0.05, 0) is 35.7 Å². The Labute approximate surface area is 193 Å². The third-order valence-electron chi connectivity index (χ3n) is 4.84. The number of rotatable bonds is 8. The Hall–Kier alpha value is -3.19. The fourth-order valence-corrected chi connectivity index (χ4v) is 3.60. The molecule has 3 aromatic rings. The molecule has 0 fully saturated rings. The first kappa shape index (κ1) is 23.5. The van der Waals surface area contributed by atoms with Crippen LogP contribution in [-0.4, -0.2) is 39.3 Å². The molecule has 3 rings (SSSR count). The molecule has 3 aromatic carbocycles. The van der Waals surface area contributed by atoms with Gasteiger partial charge in [-0.1, -0.05) is 72.3 Å². The van der Waals surface area contributed by atoms with E-state index in [2.05, 4.69) is 10.4 Å². The zero-order chi connectivity index (χ0) is 22.9. The molecule has 2 amide bonds. The van der Waals surface area contributed by atoms with E-state index in [-0.39, 0.29) is 6.54 Å². The molecule has 0 aliphatic rings. The third-order valence-corrected chi connectivity index (χ3v) is 5.14. The number of nitrogens with zero attached hydrogens (tertiary/aromatic N) is 2. The number of ether oxygens (including phenoxy) is 2. The molecule has 0 unspecified atom stereocenters. The quantitative estimate of drug-likeness (QED) is 0.280. The number of nitrogens with one attached hydrogen (secondary N) is 1. The number of amides is 2. The lowest BCUT2D eigenvalue weighted by Gasteiger charge is -2.21. The summed E-state index contributed by atoms with van der Waals surface area (Å²) in [6, 6.07) is 22.6. The van der Waals surface area contributed by atoms with Gasteiger partial charge in [0.1, 0.15) is 0 Å². The van der Waals surface area contributed by atoms with Gasteiger partial charge in [0.15, 0.2) is 6.29 Å². The smallest absolute Gasteiger partial charge is 0.342 e. The maximum absolute atomic E-state index is 13.0. The lowest BCUT2D eigenvalue weighted by Crippen LogP contribution is -2.41. The summed E-state index contributed by atoms with van der Waals surface area (Å²) in [5.74, 6) is 0. The Balaban J connectivity index is 1.95. The van der Waals surface area contributed by atoms with Crippen molar-refractivity contribution in [3.8, 4) is 11.1 Å². The summed E-state index contributed by atoms with van der Waals surface area (Å²) in [4.78, 5) is 13.0. The monoisotopic (exact) mass is 451 g/mol. The van der Waals surface area contributed by atoms with Crippen LogP contribution in [0, 0.1) is 6.92 Å². The van der Waals surface area contributed by atoms with Gasteiger partial charge in [-0.2, -0.15) is 10.1 Å². The molecule has 0 saturated heterocycles.